The van der Waals surface area contributed by atoms with E-state index in [0.29, 0.717) is 13.0 Å². The fourth-order valence-electron chi connectivity index (χ4n) is 1.78. The number of nitrogens with zero attached hydrogens (tertiary/aromatic N) is 1. The molecule has 0 saturated carbocycles. The molecular formula is C12H18BrFN2. The van der Waals surface area contributed by atoms with Gasteiger partial charge in [-0.3, -0.25) is 4.98 Å². The van der Waals surface area contributed by atoms with Gasteiger partial charge in [0.05, 0.1) is 0 Å². The van der Waals surface area contributed by atoms with E-state index in [1.807, 2.05) is 19.9 Å². The van der Waals surface area contributed by atoms with E-state index in [-0.39, 0.29) is 11.8 Å². The molecule has 16 heavy (non-hydrogen) atoms. The first-order valence-corrected chi connectivity index (χ1v) is 6.27. The molecule has 2 atom stereocenters. The van der Waals surface area contributed by atoms with Crippen LogP contribution in [-0.4, -0.2) is 17.7 Å². The first kappa shape index (κ1) is 13.6. The minimum Gasteiger partial charge on any atom is -0.330 e. The lowest BCUT2D eigenvalue weighted by atomic mass is 9.88. The summed E-state index contributed by atoms with van der Waals surface area (Å²) < 4.78 is 14.9. The monoisotopic (exact) mass is 288 g/mol. The van der Waals surface area contributed by atoms with Gasteiger partial charge in [-0.15, -0.1) is 0 Å². The Morgan fingerprint density at radius 2 is 2.12 bits per heavy atom. The third-order valence-electron chi connectivity index (χ3n) is 2.79. The quantitative estimate of drug-likeness (QED) is 0.905. The topological polar surface area (TPSA) is 38.9 Å². The zero-order chi connectivity index (χ0) is 12.1. The highest BCUT2D eigenvalue weighted by molar-refractivity contribution is 9.10. The van der Waals surface area contributed by atoms with E-state index in [9.17, 15) is 4.39 Å². The van der Waals surface area contributed by atoms with Crippen molar-refractivity contribution < 1.29 is 4.39 Å². The van der Waals surface area contributed by atoms with Gasteiger partial charge in [0, 0.05) is 29.2 Å². The molecule has 0 aliphatic rings. The fourth-order valence-corrected chi connectivity index (χ4v) is 2.19. The van der Waals surface area contributed by atoms with Crippen LogP contribution in [-0.2, 0) is 6.42 Å². The van der Waals surface area contributed by atoms with Crippen molar-refractivity contribution in [3.63, 3.8) is 0 Å². The molecule has 90 valence electrons. The van der Waals surface area contributed by atoms with Crippen molar-refractivity contribution in [2.24, 2.45) is 17.6 Å². The number of hydrogen-bond acceptors (Lipinski definition) is 2. The van der Waals surface area contributed by atoms with Crippen LogP contribution in [0.25, 0.3) is 0 Å². The second kappa shape index (κ2) is 6.30. The molecule has 1 aromatic rings. The van der Waals surface area contributed by atoms with Crippen molar-refractivity contribution in [2.45, 2.75) is 26.4 Å². The van der Waals surface area contributed by atoms with E-state index in [1.165, 1.54) is 0 Å². The lowest BCUT2D eigenvalue weighted by molar-refractivity contribution is 0.185. The van der Waals surface area contributed by atoms with Gasteiger partial charge >= 0.3 is 0 Å². The number of alkyl halides is 1. The molecule has 1 rings (SSSR count). The molecule has 0 fully saturated rings. The number of hydrogen-bond donors (Lipinski definition) is 1. The zero-order valence-electron chi connectivity index (χ0n) is 9.66. The summed E-state index contributed by atoms with van der Waals surface area (Å²) in [5.41, 5.74) is 6.50. The zero-order valence-corrected chi connectivity index (χ0v) is 11.2. The molecule has 0 aliphatic carbocycles. The summed E-state index contributed by atoms with van der Waals surface area (Å²) in [6.45, 7) is 4.40. The molecule has 0 amide bonds. The maximum Gasteiger partial charge on any atom is 0.108 e. The first-order chi connectivity index (χ1) is 7.54. The van der Waals surface area contributed by atoms with Gasteiger partial charge in [-0.2, -0.15) is 0 Å². The van der Waals surface area contributed by atoms with Crippen LogP contribution < -0.4 is 5.73 Å². The average Bonchev–Trinajstić information content (AvgIpc) is 2.17. The summed E-state index contributed by atoms with van der Waals surface area (Å²) in [6, 6.07) is 1.90. The largest absolute Gasteiger partial charge is 0.330 e. The number of rotatable bonds is 5. The third kappa shape index (κ3) is 3.83. The summed E-state index contributed by atoms with van der Waals surface area (Å²) in [6.07, 6.45) is 2.87. The Balaban J connectivity index is 2.66. The van der Waals surface area contributed by atoms with Gasteiger partial charge in [-0.25, -0.2) is 4.39 Å². The van der Waals surface area contributed by atoms with Gasteiger partial charge in [0.25, 0.3) is 0 Å². The minimum atomic E-state index is -0.902. The molecule has 2 unspecified atom stereocenters. The predicted octanol–water partition coefficient (Wildman–Crippen LogP) is 2.96. The van der Waals surface area contributed by atoms with Crippen LogP contribution in [0, 0.1) is 11.8 Å². The highest BCUT2D eigenvalue weighted by Crippen LogP contribution is 2.21. The number of aromatic nitrogens is 1. The van der Waals surface area contributed by atoms with E-state index in [4.69, 9.17) is 5.73 Å². The lowest BCUT2D eigenvalue weighted by Gasteiger charge is -2.23. The van der Waals surface area contributed by atoms with Crippen LogP contribution in [0.3, 0.4) is 0 Å². The van der Waals surface area contributed by atoms with Crippen LogP contribution in [0.2, 0.25) is 0 Å². The first-order valence-electron chi connectivity index (χ1n) is 5.48. The minimum absolute atomic E-state index is 0.0843. The number of halogens is 2. The molecule has 0 radical (unpaired) electrons. The molecule has 0 bridgehead atoms. The summed E-state index contributed by atoms with van der Waals surface area (Å²) in [7, 11) is 0. The van der Waals surface area contributed by atoms with Crippen molar-refractivity contribution in [2.75, 3.05) is 6.54 Å². The predicted molar refractivity (Wildman–Crippen MR) is 67.9 cm³/mol. The molecule has 0 aromatic carbocycles. The SMILES string of the molecule is CC(C)C(CN)C(F)Cc1cncc(Br)c1. The summed E-state index contributed by atoms with van der Waals surface area (Å²) in [5.74, 6) is 0.180. The van der Waals surface area contributed by atoms with Crippen molar-refractivity contribution in [1.82, 2.24) is 4.98 Å². The van der Waals surface area contributed by atoms with E-state index in [0.717, 1.165) is 10.0 Å². The second-order valence-corrected chi connectivity index (χ2v) is 5.29. The Bertz CT molecular complexity index is 331. The van der Waals surface area contributed by atoms with Crippen molar-refractivity contribution in [3.8, 4) is 0 Å². The van der Waals surface area contributed by atoms with E-state index in [1.54, 1.807) is 12.4 Å². The standard InChI is InChI=1S/C12H18BrFN2/c1-8(2)11(5-15)12(14)4-9-3-10(13)7-16-6-9/h3,6-8,11-12H,4-5,15H2,1-2H3. The Labute approximate surface area is 105 Å². The summed E-state index contributed by atoms with van der Waals surface area (Å²) in [4.78, 5) is 4.02. The fraction of sp³-hybridized carbons (Fsp3) is 0.583. The molecular weight excluding hydrogens is 271 g/mol. The van der Waals surface area contributed by atoms with Crippen molar-refractivity contribution in [3.05, 3.63) is 28.5 Å². The summed E-state index contributed by atoms with van der Waals surface area (Å²) in [5, 5.41) is 0. The van der Waals surface area contributed by atoms with Crippen LogP contribution in [0.15, 0.2) is 22.9 Å². The van der Waals surface area contributed by atoms with E-state index in [2.05, 4.69) is 20.9 Å². The Kier molecular flexibility index (Phi) is 5.35. The Hall–Kier alpha value is -0.480. The van der Waals surface area contributed by atoms with Crippen LogP contribution in [0.1, 0.15) is 19.4 Å². The van der Waals surface area contributed by atoms with E-state index < -0.39 is 6.17 Å². The third-order valence-corrected chi connectivity index (χ3v) is 3.22. The van der Waals surface area contributed by atoms with Crippen LogP contribution in [0.5, 0.6) is 0 Å². The summed E-state index contributed by atoms with van der Waals surface area (Å²) >= 11 is 3.33. The second-order valence-electron chi connectivity index (χ2n) is 4.38. The maximum atomic E-state index is 14.0. The number of pyridine rings is 1. The molecule has 4 heteroatoms. The van der Waals surface area contributed by atoms with Gasteiger partial charge in [0.15, 0.2) is 0 Å². The smallest absolute Gasteiger partial charge is 0.108 e. The van der Waals surface area contributed by atoms with Crippen molar-refractivity contribution in [1.29, 1.82) is 0 Å². The van der Waals surface area contributed by atoms with Crippen LogP contribution >= 0.6 is 15.9 Å². The average molecular weight is 289 g/mol. The highest BCUT2D eigenvalue weighted by atomic mass is 79.9. The van der Waals surface area contributed by atoms with Gasteiger partial charge in [-0.05, 0) is 40.0 Å². The molecule has 1 aromatic heterocycles. The van der Waals surface area contributed by atoms with Gasteiger partial charge < -0.3 is 5.73 Å². The van der Waals surface area contributed by atoms with Crippen LogP contribution in [0.4, 0.5) is 4.39 Å². The molecule has 0 spiro atoms. The molecule has 0 saturated heterocycles. The molecule has 1 heterocycles. The molecule has 2 N–H and O–H groups in total. The normalized spacial score (nSPS) is 15.1. The van der Waals surface area contributed by atoms with E-state index >= 15 is 0 Å². The number of nitrogens with two attached hydrogens (primary N) is 1. The van der Waals surface area contributed by atoms with Crippen molar-refractivity contribution >= 4 is 15.9 Å². The maximum absolute atomic E-state index is 14.0. The lowest BCUT2D eigenvalue weighted by Crippen LogP contribution is -2.30. The van der Waals surface area contributed by atoms with Gasteiger partial charge in [0.1, 0.15) is 6.17 Å². The molecule has 2 nitrogen and oxygen atoms in total. The van der Waals surface area contributed by atoms with Gasteiger partial charge in [0.2, 0.25) is 0 Å². The van der Waals surface area contributed by atoms with Gasteiger partial charge in [-0.1, -0.05) is 13.8 Å². The Morgan fingerprint density at radius 1 is 1.44 bits per heavy atom. The highest BCUT2D eigenvalue weighted by Gasteiger charge is 2.23. The molecule has 0 aliphatic heterocycles. The Morgan fingerprint density at radius 3 is 2.62 bits per heavy atom.